The highest BCUT2D eigenvalue weighted by Crippen LogP contribution is 2.35. The molecular formula is C24H20N2O2. The van der Waals surface area contributed by atoms with Crippen LogP contribution in [0.5, 0.6) is 5.75 Å². The second kappa shape index (κ2) is 7.84. The van der Waals surface area contributed by atoms with Gasteiger partial charge in [0.05, 0.1) is 6.04 Å². The fourth-order valence-electron chi connectivity index (χ4n) is 3.37. The number of para-hydroxylation sites is 1. The van der Waals surface area contributed by atoms with Crippen LogP contribution in [0, 0.1) is 0 Å². The lowest BCUT2D eigenvalue weighted by Gasteiger charge is -2.23. The van der Waals surface area contributed by atoms with E-state index in [1.54, 1.807) is 6.07 Å². The SMILES string of the molecule is O=C(Nc1ccccc1)N[C@H](c1ccccc1)c1c(O)ccc2ccccc12. The summed E-state index contributed by atoms with van der Waals surface area (Å²) in [5.41, 5.74) is 2.26. The summed E-state index contributed by atoms with van der Waals surface area (Å²) in [7, 11) is 0. The van der Waals surface area contributed by atoms with E-state index in [-0.39, 0.29) is 11.8 Å². The van der Waals surface area contributed by atoms with Crippen molar-refractivity contribution < 1.29 is 9.90 Å². The number of urea groups is 1. The average molecular weight is 368 g/mol. The number of amides is 2. The number of fused-ring (bicyclic) bond motifs is 1. The van der Waals surface area contributed by atoms with Gasteiger partial charge in [-0.1, -0.05) is 78.9 Å². The molecule has 0 aliphatic carbocycles. The summed E-state index contributed by atoms with van der Waals surface area (Å²) in [5, 5.41) is 18.4. The molecule has 3 N–H and O–H groups in total. The number of aromatic hydroxyl groups is 1. The lowest BCUT2D eigenvalue weighted by molar-refractivity contribution is 0.250. The summed E-state index contributed by atoms with van der Waals surface area (Å²) in [6.07, 6.45) is 0. The summed E-state index contributed by atoms with van der Waals surface area (Å²) < 4.78 is 0. The van der Waals surface area contributed by atoms with Crippen LogP contribution in [0.25, 0.3) is 10.8 Å². The Labute approximate surface area is 163 Å². The molecule has 138 valence electrons. The second-order valence-corrected chi connectivity index (χ2v) is 6.53. The first kappa shape index (κ1) is 17.6. The van der Waals surface area contributed by atoms with Gasteiger partial charge >= 0.3 is 6.03 Å². The number of phenolic OH excluding ortho intramolecular Hbond substituents is 1. The molecule has 4 heteroatoms. The Morgan fingerprint density at radius 1 is 0.750 bits per heavy atom. The van der Waals surface area contributed by atoms with Gasteiger partial charge in [0.1, 0.15) is 5.75 Å². The lowest BCUT2D eigenvalue weighted by atomic mass is 9.93. The van der Waals surface area contributed by atoms with Gasteiger partial charge in [-0.05, 0) is 34.5 Å². The van der Waals surface area contributed by atoms with Crippen LogP contribution in [0.15, 0.2) is 97.1 Å². The van der Waals surface area contributed by atoms with E-state index >= 15 is 0 Å². The minimum atomic E-state index is -0.504. The largest absolute Gasteiger partial charge is 0.508 e. The normalized spacial score (nSPS) is 11.7. The lowest BCUT2D eigenvalue weighted by Crippen LogP contribution is -2.33. The fourth-order valence-corrected chi connectivity index (χ4v) is 3.37. The van der Waals surface area contributed by atoms with E-state index in [0.717, 1.165) is 16.3 Å². The van der Waals surface area contributed by atoms with Crippen LogP contribution in [-0.2, 0) is 0 Å². The maximum atomic E-state index is 12.7. The third-order valence-corrected chi connectivity index (χ3v) is 4.68. The Balaban J connectivity index is 1.75. The van der Waals surface area contributed by atoms with E-state index in [0.29, 0.717) is 11.3 Å². The highest BCUT2D eigenvalue weighted by Gasteiger charge is 2.22. The maximum absolute atomic E-state index is 12.7. The first-order valence-corrected chi connectivity index (χ1v) is 9.10. The Morgan fingerprint density at radius 3 is 2.14 bits per heavy atom. The molecule has 1 atom stereocenters. The van der Waals surface area contributed by atoms with Gasteiger partial charge in [0.2, 0.25) is 0 Å². The summed E-state index contributed by atoms with van der Waals surface area (Å²) in [4.78, 5) is 12.7. The smallest absolute Gasteiger partial charge is 0.319 e. The highest BCUT2D eigenvalue weighted by molar-refractivity contribution is 5.92. The van der Waals surface area contributed by atoms with E-state index in [1.165, 1.54) is 0 Å². The van der Waals surface area contributed by atoms with Crippen LogP contribution >= 0.6 is 0 Å². The summed E-state index contributed by atoms with van der Waals surface area (Å²) in [5.74, 6) is 0.146. The number of carbonyl (C=O) groups excluding carboxylic acids is 1. The molecule has 0 saturated heterocycles. The van der Waals surface area contributed by atoms with Crippen molar-refractivity contribution in [2.24, 2.45) is 0 Å². The number of hydrogen-bond donors (Lipinski definition) is 3. The molecule has 0 unspecified atom stereocenters. The third kappa shape index (κ3) is 3.67. The number of hydrogen-bond acceptors (Lipinski definition) is 2. The van der Waals surface area contributed by atoms with E-state index in [1.807, 2.05) is 91.0 Å². The number of phenols is 1. The molecular weight excluding hydrogens is 348 g/mol. The van der Waals surface area contributed by atoms with Crippen molar-refractivity contribution in [3.05, 3.63) is 108 Å². The Kier molecular flexibility index (Phi) is 4.93. The molecule has 0 aliphatic rings. The minimum absolute atomic E-state index is 0.146. The topological polar surface area (TPSA) is 61.4 Å². The molecule has 0 saturated carbocycles. The molecule has 0 spiro atoms. The zero-order chi connectivity index (χ0) is 19.3. The Hall–Kier alpha value is -3.79. The number of carbonyl (C=O) groups is 1. The molecule has 4 aromatic carbocycles. The summed E-state index contributed by atoms with van der Waals surface area (Å²) in [6.45, 7) is 0. The summed E-state index contributed by atoms with van der Waals surface area (Å²) in [6, 6.07) is 29.4. The fraction of sp³-hybridized carbons (Fsp3) is 0.0417. The van der Waals surface area contributed by atoms with Crippen molar-refractivity contribution >= 4 is 22.5 Å². The molecule has 0 aromatic heterocycles. The van der Waals surface area contributed by atoms with Gasteiger partial charge in [0, 0.05) is 11.3 Å². The van der Waals surface area contributed by atoms with Gasteiger partial charge in [-0.2, -0.15) is 0 Å². The van der Waals surface area contributed by atoms with Gasteiger partial charge in [-0.25, -0.2) is 4.79 Å². The molecule has 0 heterocycles. The minimum Gasteiger partial charge on any atom is -0.508 e. The first-order chi connectivity index (χ1) is 13.7. The monoisotopic (exact) mass is 368 g/mol. The van der Waals surface area contributed by atoms with Crippen LogP contribution in [0.4, 0.5) is 10.5 Å². The zero-order valence-electron chi connectivity index (χ0n) is 15.2. The first-order valence-electron chi connectivity index (χ1n) is 9.10. The number of nitrogens with one attached hydrogen (secondary N) is 2. The third-order valence-electron chi connectivity index (χ3n) is 4.68. The van der Waals surface area contributed by atoms with E-state index in [9.17, 15) is 9.90 Å². The molecule has 28 heavy (non-hydrogen) atoms. The van der Waals surface area contributed by atoms with Gasteiger partial charge in [-0.3, -0.25) is 0 Å². The van der Waals surface area contributed by atoms with Gasteiger partial charge in [0.15, 0.2) is 0 Å². The summed E-state index contributed by atoms with van der Waals surface area (Å²) >= 11 is 0. The van der Waals surface area contributed by atoms with E-state index < -0.39 is 6.04 Å². The van der Waals surface area contributed by atoms with Crippen molar-refractivity contribution in [3.63, 3.8) is 0 Å². The molecule has 0 fully saturated rings. The standard InChI is InChI=1S/C24H20N2O2/c27-21-16-15-17-9-7-8-14-20(17)22(21)23(18-10-3-1-4-11-18)26-24(28)25-19-12-5-2-6-13-19/h1-16,23,27H,(H2,25,26,28)/t23-/m1/s1. The van der Waals surface area contributed by atoms with Crippen LogP contribution in [0.1, 0.15) is 17.2 Å². The predicted molar refractivity (Wildman–Crippen MR) is 112 cm³/mol. The zero-order valence-corrected chi connectivity index (χ0v) is 15.2. The Morgan fingerprint density at radius 2 is 1.39 bits per heavy atom. The van der Waals surface area contributed by atoms with E-state index in [2.05, 4.69) is 10.6 Å². The van der Waals surface area contributed by atoms with Gasteiger partial charge in [-0.15, -0.1) is 0 Å². The number of benzene rings is 4. The van der Waals surface area contributed by atoms with Crippen LogP contribution < -0.4 is 10.6 Å². The van der Waals surface area contributed by atoms with Crippen LogP contribution in [-0.4, -0.2) is 11.1 Å². The Bertz CT molecular complexity index is 1100. The molecule has 0 bridgehead atoms. The number of rotatable bonds is 4. The predicted octanol–water partition coefficient (Wildman–Crippen LogP) is 5.46. The van der Waals surface area contributed by atoms with Gasteiger partial charge < -0.3 is 15.7 Å². The van der Waals surface area contributed by atoms with Crippen molar-refractivity contribution in [2.45, 2.75) is 6.04 Å². The van der Waals surface area contributed by atoms with Gasteiger partial charge in [0.25, 0.3) is 0 Å². The van der Waals surface area contributed by atoms with Crippen molar-refractivity contribution in [3.8, 4) is 5.75 Å². The molecule has 2 amide bonds. The molecule has 0 aliphatic heterocycles. The maximum Gasteiger partial charge on any atom is 0.319 e. The average Bonchev–Trinajstić information content (AvgIpc) is 2.74. The second-order valence-electron chi connectivity index (χ2n) is 6.53. The molecule has 4 nitrogen and oxygen atoms in total. The molecule has 0 radical (unpaired) electrons. The molecule has 4 aromatic rings. The van der Waals surface area contributed by atoms with E-state index in [4.69, 9.17) is 0 Å². The van der Waals surface area contributed by atoms with Crippen molar-refractivity contribution in [1.82, 2.24) is 5.32 Å². The van der Waals surface area contributed by atoms with Crippen LogP contribution in [0.2, 0.25) is 0 Å². The van der Waals surface area contributed by atoms with Crippen molar-refractivity contribution in [2.75, 3.05) is 5.32 Å². The van der Waals surface area contributed by atoms with Crippen molar-refractivity contribution in [1.29, 1.82) is 0 Å². The number of anilines is 1. The molecule has 4 rings (SSSR count). The quantitative estimate of drug-likeness (QED) is 0.448. The highest BCUT2D eigenvalue weighted by atomic mass is 16.3. The van der Waals surface area contributed by atoms with Crippen LogP contribution in [0.3, 0.4) is 0 Å².